The molecule has 4 heteroatoms. The summed E-state index contributed by atoms with van der Waals surface area (Å²) < 4.78 is 11.2. The van der Waals surface area contributed by atoms with Gasteiger partial charge in [0.05, 0.1) is 0 Å². The second kappa shape index (κ2) is 4.76. The zero-order valence-corrected chi connectivity index (χ0v) is 11.4. The Morgan fingerprint density at radius 2 is 2.00 bits per heavy atom. The highest BCUT2D eigenvalue weighted by atomic mass is 32.2. The molecule has 1 atom stereocenters. The molecule has 96 valence electrons. The van der Waals surface area contributed by atoms with Crippen LogP contribution in [0.3, 0.4) is 0 Å². The van der Waals surface area contributed by atoms with Crippen molar-refractivity contribution < 1.29 is 9.47 Å². The lowest BCUT2D eigenvalue weighted by Gasteiger charge is -2.29. The molecule has 3 nitrogen and oxygen atoms in total. The second-order valence-electron chi connectivity index (χ2n) is 4.72. The molecule has 2 aliphatic heterocycles. The third-order valence-electron chi connectivity index (χ3n) is 3.16. The number of hydrogen-bond acceptors (Lipinski definition) is 4. The van der Waals surface area contributed by atoms with E-state index in [1.54, 1.807) is 0 Å². The van der Waals surface area contributed by atoms with Crippen LogP contribution in [0.4, 0.5) is 0 Å². The summed E-state index contributed by atoms with van der Waals surface area (Å²) in [6, 6.07) is 6.75. The fraction of sp³-hybridized carbons (Fsp3) is 0.429. The Labute approximate surface area is 112 Å². The van der Waals surface area contributed by atoms with Gasteiger partial charge in [-0.1, -0.05) is 6.07 Å². The topological polar surface area (TPSA) is 21.7 Å². The number of thioether (sulfide) groups is 1. The molecule has 1 unspecified atom stereocenters. The van der Waals surface area contributed by atoms with Crippen LogP contribution in [0.25, 0.3) is 0 Å². The van der Waals surface area contributed by atoms with Crippen molar-refractivity contribution in [2.75, 3.05) is 13.2 Å². The Balaban J connectivity index is 1.88. The molecule has 2 heterocycles. The van der Waals surface area contributed by atoms with Crippen LogP contribution < -0.4 is 9.47 Å². The van der Waals surface area contributed by atoms with Gasteiger partial charge in [0.15, 0.2) is 11.5 Å². The molecular weight excluding hydrogens is 246 g/mol. The van der Waals surface area contributed by atoms with Gasteiger partial charge in [-0.3, -0.25) is 0 Å². The van der Waals surface area contributed by atoms with E-state index in [0.29, 0.717) is 24.6 Å². The van der Waals surface area contributed by atoms with Crippen LogP contribution in [0.1, 0.15) is 24.8 Å². The summed E-state index contributed by atoms with van der Waals surface area (Å²) in [6.07, 6.45) is 2.16. The summed E-state index contributed by atoms with van der Waals surface area (Å²) in [5, 5.41) is 2.50. The average molecular weight is 263 g/mol. The lowest BCUT2D eigenvalue weighted by atomic mass is 10.1. The Hall–Kier alpha value is -1.29. The zero-order valence-electron chi connectivity index (χ0n) is 10.6. The number of nitrogens with zero attached hydrogens (tertiary/aromatic N) is 1. The van der Waals surface area contributed by atoms with Crippen molar-refractivity contribution in [2.45, 2.75) is 25.3 Å². The van der Waals surface area contributed by atoms with Crippen molar-refractivity contribution in [1.29, 1.82) is 0 Å². The van der Waals surface area contributed by atoms with Crippen LogP contribution >= 0.6 is 11.8 Å². The van der Waals surface area contributed by atoms with Gasteiger partial charge in [0.1, 0.15) is 18.6 Å². The summed E-state index contributed by atoms with van der Waals surface area (Å²) in [4.78, 5) is 2.36. The van der Waals surface area contributed by atoms with Gasteiger partial charge in [-0.2, -0.15) is 0 Å². The summed E-state index contributed by atoms with van der Waals surface area (Å²) in [6.45, 7) is 5.70. The Morgan fingerprint density at radius 3 is 2.78 bits per heavy atom. The zero-order chi connectivity index (χ0) is 12.5. The van der Waals surface area contributed by atoms with E-state index < -0.39 is 0 Å². The molecule has 0 saturated carbocycles. The van der Waals surface area contributed by atoms with Gasteiger partial charge in [0.25, 0.3) is 0 Å². The van der Waals surface area contributed by atoms with Crippen LogP contribution in [-0.2, 0) is 0 Å². The molecule has 1 aromatic rings. The molecule has 0 radical (unpaired) electrons. The minimum atomic E-state index is 0.348. The third-order valence-corrected chi connectivity index (χ3v) is 4.21. The van der Waals surface area contributed by atoms with E-state index in [9.17, 15) is 0 Å². The smallest absolute Gasteiger partial charge is 0.161 e. The molecule has 0 N–H and O–H groups in total. The number of rotatable bonds is 2. The standard InChI is InChI=1S/C14H17NO2S/c1-10(2)15-5-8-18-14(15)11-3-4-12-13(9-11)17-7-6-16-12/h3-5,8-10,14H,6-7H2,1-2H3. The van der Waals surface area contributed by atoms with Crippen LogP contribution in [0.2, 0.25) is 0 Å². The van der Waals surface area contributed by atoms with Gasteiger partial charge < -0.3 is 14.4 Å². The molecule has 0 spiro atoms. The molecule has 0 fully saturated rings. The van der Waals surface area contributed by atoms with Crippen molar-refractivity contribution >= 4 is 11.8 Å². The number of ether oxygens (including phenoxy) is 2. The molecular formula is C14H17NO2S. The molecule has 0 amide bonds. The van der Waals surface area contributed by atoms with Gasteiger partial charge >= 0.3 is 0 Å². The lowest BCUT2D eigenvalue weighted by molar-refractivity contribution is 0.171. The summed E-state index contributed by atoms with van der Waals surface area (Å²) in [7, 11) is 0. The monoisotopic (exact) mass is 263 g/mol. The number of benzene rings is 1. The second-order valence-corrected chi connectivity index (χ2v) is 5.71. The average Bonchev–Trinajstić information content (AvgIpc) is 2.87. The first-order chi connectivity index (χ1) is 8.75. The third kappa shape index (κ3) is 2.05. The molecule has 3 rings (SSSR count). The highest BCUT2D eigenvalue weighted by Crippen LogP contribution is 2.43. The molecule has 0 aromatic heterocycles. The molecule has 2 aliphatic rings. The van der Waals surface area contributed by atoms with Crippen LogP contribution in [0, 0.1) is 0 Å². The predicted molar refractivity (Wildman–Crippen MR) is 73.9 cm³/mol. The first-order valence-electron chi connectivity index (χ1n) is 6.25. The first kappa shape index (κ1) is 11.8. The van der Waals surface area contributed by atoms with Gasteiger partial charge in [-0.05, 0) is 37.0 Å². The van der Waals surface area contributed by atoms with Crippen molar-refractivity contribution in [2.24, 2.45) is 0 Å². The SMILES string of the molecule is CC(C)N1C=CSC1c1ccc2c(c1)OCCO2. The summed E-state index contributed by atoms with van der Waals surface area (Å²) in [5.41, 5.74) is 1.27. The van der Waals surface area contributed by atoms with Gasteiger partial charge in [-0.15, -0.1) is 11.8 Å². The van der Waals surface area contributed by atoms with Crippen LogP contribution in [-0.4, -0.2) is 24.2 Å². The van der Waals surface area contributed by atoms with Crippen LogP contribution in [0.5, 0.6) is 11.5 Å². The number of fused-ring (bicyclic) bond motifs is 1. The van der Waals surface area contributed by atoms with Crippen LogP contribution in [0.15, 0.2) is 29.8 Å². The maximum atomic E-state index is 5.65. The van der Waals surface area contributed by atoms with E-state index in [4.69, 9.17) is 9.47 Å². The normalized spacial score (nSPS) is 21.7. The van der Waals surface area contributed by atoms with E-state index >= 15 is 0 Å². The maximum absolute atomic E-state index is 5.65. The van der Waals surface area contributed by atoms with E-state index in [2.05, 4.69) is 42.5 Å². The van der Waals surface area contributed by atoms with Crippen molar-refractivity contribution in [3.05, 3.63) is 35.4 Å². The molecule has 0 saturated heterocycles. The Morgan fingerprint density at radius 1 is 1.22 bits per heavy atom. The van der Waals surface area contributed by atoms with Crippen molar-refractivity contribution in [3.63, 3.8) is 0 Å². The minimum Gasteiger partial charge on any atom is -0.486 e. The van der Waals surface area contributed by atoms with Crippen molar-refractivity contribution in [1.82, 2.24) is 4.90 Å². The van der Waals surface area contributed by atoms with E-state index in [0.717, 1.165) is 11.5 Å². The lowest BCUT2D eigenvalue weighted by Crippen LogP contribution is -2.25. The quantitative estimate of drug-likeness (QED) is 0.815. The fourth-order valence-corrected chi connectivity index (χ4v) is 3.35. The highest BCUT2D eigenvalue weighted by molar-refractivity contribution is 8.02. The molecule has 1 aromatic carbocycles. The maximum Gasteiger partial charge on any atom is 0.161 e. The predicted octanol–water partition coefficient (Wildman–Crippen LogP) is 3.38. The van der Waals surface area contributed by atoms with Gasteiger partial charge in [0.2, 0.25) is 0 Å². The van der Waals surface area contributed by atoms with E-state index in [1.165, 1.54) is 5.56 Å². The molecule has 18 heavy (non-hydrogen) atoms. The van der Waals surface area contributed by atoms with E-state index in [-0.39, 0.29) is 0 Å². The fourth-order valence-electron chi connectivity index (χ4n) is 2.24. The molecule has 0 bridgehead atoms. The van der Waals surface area contributed by atoms with Gasteiger partial charge in [0, 0.05) is 12.2 Å². The van der Waals surface area contributed by atoms with E-state index in [1.807, 2.05) is 17.8 Å². The minimum absolute atomic E-state index is 0.348. The van der Waals surface area contributed by atoms with Crippen molar-refractivity contribution in [3.8, 4) is 11.5 Å². The van der Waals surface area contributed by atoms with Gasteiger partial charge in [-0.25, -0.2) is 0 Å². The largest absolute Gasteiger partial charge is 0.486 e. The highest BCUT2D eigenvalue weighted by Gasteiger charge is 2.25. The molecule has 0 aliphatic carbocycles. The Kier molecular flexibility index (Phi) is 3.12. The first-order valence-corrected chi connectivity index (χ1v) is 7.19. The summed E-state index contributed by atoms with van der Waals surface area (Å²) in [5.74, 6) is 1.73. The Bertz CT molecular complexity index is 473. The summed E-state index contributed by atoms with van der Waals surface area (Å²) >= 11 is 1.83. The number of hydrogen-bond donors (Lipinski definition) is 0.